The number of aryl methyl sites for hydroxylation is 1. The van der Waals surface area contributed by atoms with Crippen molar-refractivity contribution in [2.75, 3.05) is 25.5 Å². The monoisotopic (exact) mass is 724 g/mol. The number of hydrogen-bond acceptors (Lipinski definition) is 7. The maximum absolute atomic E-state index is 13.0. The summed E-state index contributed by atoms with van der Waals surface area (Å²) in [4.78, 5) is 38.7. The van der Waals surface area contributed by atoms with E-state index < -0.39 is 12.2 Å². The van der Waals surface area contributed by atoms with Gasteiger partial charge in [0.05, 0.1) is 35.0 Å². The summed E-state index contributed by atoms with van der Waals surface area (Å²) in [5, 5.41) is 39.7. The summed E-state index contributed by atoms with van der Waals surface area (Å²) in [6, 6.07) is 24.5. The number of aromatic amines is 1. The second-order valence-electron chi connectivity index (χ2n) is 11.5. The van der Waals surface area contributed by atoms with Gasteiger partial charge in [-0.25, -0.2) is 4.79 Å². The first-order chi connectivity index (χ1) is 23.6. The number of benzene rings is 4. The lowest BCUT2D eigenvalue weighted by Gasteiger charge is -2.17. The van der Waals surface area contributed by atoms with Crippen molar-refractivity contribution in [1.29, 1.82) is 0 Å². The Bertz CT molecular complexity index is 2030. The summed E-state index contributed by atoms with van der Waals surface area (Å²) in [5.74, 6) is 0.0282. The molecule has 0 saturated heterocycles. The number of aromatic nitrogens is 1. The van der Waals surface area contributed by atoms with E-state index in [-0.39, 0.29) is 55.8 Å². The molecule has 270 valence electrons. The van der Waals surface area contributed by atoms with E-state index in [1.54, 1.807) is 24.3 Å². The minimum absolute atomic E-state index is 0. The molecule has 1 heterocycles. The lowest BCUT2D eigenvalue weighted by molar-refractivity contribution is 0.0952. The van der Waals surface area contributed by atoms with Crippen LogP contribution in [-0.2, 0) is 13.0 Å². The number of methoxy groups -OCH3 is 1. The minimum atomic E-state index is -1.13. The molecule has 5 rings (SSSR count). The number of phenols is 1. The lowest BCUT2D eigenvalue weighted by Crippen LogP contribution is -2.25. The average molecular weight is 725 g/mol. The van der Waals surface area contributed by atoms with Crippen molar-refractivity contribution >= 4 is 40.2 Å². The van der Waals surface area contributed by atoms with E-state index in [9.17, 15) is 29.7 Å². The maximum atomic E-state index is 13.0. The number of aromatic hydroxyl groups is 1. The molecule has 0 spiro atoms. The molecule has 0 fully saturated rings. The number of nitrogens with one attached hydrogen (secondary N) is 4. The highest BCUT2D eigenvalue weighted by atomic mass is 35.5. The topological polar surface area (TPSA) is 173 Å². The predicted octanol–water partition coefficient (Wildman–Crippen LogP) is 6.53. The normalized spacial score (nSPS) is 11.2. The average Bonchev–Trinajstić information content (AvgIpc) is 3.08. The third-order valence-corrected chi connectivity index (χ3v) is 8.43. The number of amides is 2. The number of carbonyl (C=O) groups excluding carboxylic acids is 1. The quantitative estimate of drug-likeness (QED) is 0.0633. The molecule has 1 atom stereocenters. The van der Waals surface area contributed by atoms with E-state index in [2.05, 4.69) is 20.9 Å². The van der Waals surface area contributed by atoms with Gasteiger partial charge in [0.25, 0.3) is 5.91 Å². The molecule has 0 radical (unpaired) electrons. The van der Waals surface area contributed by atoms with Crippen molar-refractivity contribution in [2.24, 2.45) is 0 Å². The minimum Gasteiger partial charge on any atom is -0.506 e. The zero-order valence-corrected chi connectivity index (χ0v) is 28.3. The van der Waals surface area contributed by atoms with Gasteiger partial charge in [0.15, 0.2) is 0 Å². The first-order valence-corrected chi connectivity index (χ1v) is 16.1. The molecule has 0 aliphatic rings. The molecule has 0 saturated carbocycles. The van der Waals surface area contributed by atoms with Gasteiger partial charge in [0, 0.05) is 42.2 Å². The highest BCUT2D eigenvalue weighted by Crippen LogP contribution is 2.31. The largest absolute Gasteiger partial charge is 0.506 e. The van der Waals surface area contributed by atoms with Crippen LogP contribution >= 0.6 is 11.6 Å². The predicted molar refractivity (Wildman–Crippen MR) is 195 cm³/mol. The van der Waals surface area contributed by atoms with Crippen molar-refractivity contribution in [3.63, 3.8) is 0 Å². The van der Waals surface area contributed by atoms with Gasteiger partial charge in [-0.1, -0.05) is 60.1 Å². The molecule has 14 heteroatoms. The number of aliphatic hydroxyl groups excluding tert-OH is 1. The number of carbonyl (C=O) groups is 2. The van der Waals surface area contributed by atoms with E-state index in [0.29, 0.717) is 47.3 Å². The fraction of sp³-hybridized carbons (Fsp3) is 0.216. The number of pyridine rings is 1. The van der Waals surface area contributed by atoms with Crippen molar-refractivity contribution in [1.82, 2.24) is 15.6 Å². The molecule has 5 aromatic rings. The Balaban J connectivity index is 0.00000351. The van der Waals surface area contributed by atoms with E-state index in [4.69, 9.17) is 16.3 Å². The second-order valence-corrected chi connectivity index (χ2v) is 11.9. The molecule has 2 amide bonds. The first kappa shape index (κ1) is 39.9. The molecule has 7 N–H and O–H groups in total. The molecule has 0 bridgehead atoms. The van der Waals surface area contributed by atoms with Gasteiger partial charge in [-0.2, -0.15) is 0 Å². The molecule has 0 aliphatic carbocycles. The summed E-state index contributed by atoms with van der Waals surface area (Å²) >= 11 is 6.52. The Labute approximate surface area is 297 Å². The van der Waals surface area contributed by atoms with Crippen LogP contribution in [0.3, 0.4) is 0 Å². The summed E-state index contributed by atoms with van der Waals surface area (Å²) in [6.45, 7) is 0.849. The van der Waals surface area contributed by atoms with E-state index >= 15 is 0 Å². The van der Waals surface area contributed by atoms with Crippen molar-refractivity contribution in [3.8, 4) is 22.6 Å². The van der Waals surface area contributed by atoms with Crippen molar-refractivity contribution < 1.29 is 39.1 Å². The Morgan fingerprint density at radius 2 is 1.73 bits per heavy atom. The van der Waals surface area contributed by atoms with Gasteiger partial charge in [0.2, 0.25) is 5.56 Å². The number of aliphatic hydroxyl groups is 1. The van der Waals surface area contributed by atoms with Gasteiger partial charge in [-0.15, -0.1) is 0 Å². The summed E-state index contributed by atoms with van der Waals surface area (Å²) in [6.07, 6.45) is 0.0856. The molecule has 0 aliphatic heterocycles. The zero-order chi connectivity index (χ0) is 34.9. The maximum Gasteiger partial charge on any atom is 0.409 e. The van der Waals surface area contributed by atoms with Gasteiger partial charge < -0.3 is 35.7 Å². The van der Waals surface area contributed by atoms with Crippen LogP contribution < -0.4 is 26.2 Å². The van der Waals surface area contributed by atoms with Gasteiger partial charge in [0.1, 0.15) is 11.5 Å². The smallest absolute Gasteiger partial charge is 0.409 e. The number of unbranched alkanes of at least 4 members (excludes halogenated alkanes) is 1. The molecular formula is C37H39ClF2N4O7. The van der Waals surface area contributed by atoms with Gasteiger partial charge in [-0.3, -0.25) is 24.3 Å². The number of rotatable bonds is 14. The van der Waals surface area contributed by atoms with Crippen LogP contribution in [0.4, 0.5) is 19.9 Å². The molecule has 51 heavy (non-hydrogen) atoms. The summed E-state index contributed by atoms with van der Waals surface area (Å²) in [5.41, 5.74) is 4.60. The Morgan fingerprint density at radius 1 is 0.961 bits per heavy atom. The Hall–Kier alpha value is -5.50. The summed E-state index contributed by atoms with van der Waals surface area (Å²) in [7, 11) is 1.50. The molecular weight excluding hydrogens is 686 g/mol. The van der Waals surface area contributed by atoms with E-state index in [0.717, 1.165) is 23.1 Å². The van der Waals surface area contributed by atoms with Crippen LogP contribution in [0.25, 0.3) is 22.0 Å². The number of fused-ring (bicyclic) bond motifs is 1. The number of phenolic OH excluding ortho intramolecular Hbond substituents is 1. The van der Waals surface area contributed by atoms with Crippen LogP contribution in [0.5, 0.6) is 11.5 Å². The fourth-order valence-electron chi connectivity index (χ4n) is 5.69. The van der Waals surface area contributed by atoms with Crippen LogP contribution in [0.15, 0.2) is 89.7 Å². The van der Waals surface area contributed by atoms with E-state index in [1.165, 1.54) is 19.2 Å². The molecule has 4 aromatic carbocycles. The fourth-order valence-corrected chi connectivity index (χ4v) is 5.96. The lowest BCUT2D eigenvalue weighted by atomic mass is 9.99. The Morgan fingerprint density at radius 3 is 2.45 bits per heavy atom. The third kappa shape index (κ3) is 10.0. The second kappa shape index (κ2) is 18.5. The van der Waals surface area contributed by atoms with Crippen molar-refractivity contribution in [3.05, 3.63) is 123 Å². The number of carboxylic acid groups (broad SMARTS) is 1. The van der Waals surface area contributed by atoms with Gasteiger partial charge >= 0.3 is 6.09 Å². The summed E-state index contributed by atoms with van der Waals surface area (Å²) < 4.78 is 5.53. The molecule has 1 aromatic heterocycles. The van der Waals surface area contributed by atoms with E-state index in [1.807, 2.05) is 48.5 Å². The Kier molecular flexibility index (Phi) is 14.5. The highest BCUT2D eigenvalue weighted by Gasteiger charge is 2.17. The molecule has 0 unspecified atom stereocenters. The number of H-pyrrole nitrogens is 1. The van der Waals surface area contributed by atoms with Crippen LogP contribution in [0.1, 0.15) is 46.0 Å². The number of ether oxygens (including phenoxy) is 1. The van der Waals surface area contributed by atoms with Crippen LogP contribution in [0, 0.1) is 0 Å². The molecule has 11 nitrogen and oxygen atoms in total. The standard InChI is InChI=1S/C37H37ClN4O7.2FH/c1-49-33-19-28(29(38)18-24(33)20-39-21-32(44)26-12-14-31(43)35-27(26)13-15-34(45)42-35)36(46)40-16-6-5-7-22-10-11-25(23-8-3-2-4-9-23)30(17-22)41-37(47)48;;/h2-4,8-15,17-19,32,39,41,43-44H,5-7,16,20-21H2,1H3,(H,40,46)(H,42,45)(H,47,48);2*1H/t32-;;/m1../s1. The zero-order valence-electron chi connectivity index (χ0n) is 27.6. The van der Waals surface area contributed by atoms with Crippen LogP contribution in [-0.4, -0.2) is 52.5 Å². The van der Waals surface area contributed by atoms with Crippen LogP contribution in [0.2, 0.25) is 5.02 Å². The SMILES string of the molecule is COc1cc(C(=O)NCCCCc2ccc(-c3ccccc3)c(NC(=O)O)c2)c(Cl)cc1CNC[C@@H](O)c1ccc(O)c2[nH]c(=O)ccc12.F.F. The first-order valence-electron chi connectivity index (χ1n) is 15.7. The number of halogens is 3. The third-order valence-electron chi connectivity index (χ3n) is 8.12. The number of anilines is 1. The van der Waals surface area contributed by atoms with Gasteiger partial charge in [-0.05, 0) is 66.3 Å². The van der Waals surface area contributed by atoms with Crippen molar-refractivity contribution in [2.45, 2.75) is 31.9 Å². The highest BCUT2D eigenvalue weighted by molar-refractivity contribution is 6.34. The number of hydrogen-bond donors (Lipinski definition) is 7.